The molecule has 0 aliphatic rings. The number of thiophene rings is 1. The average molecular weight is 465 g/mol. The van der Waals surface area contributed by atoms with E-state index in [-0.39, 0.29) is 34.4 Å². The molecule has 0 spiro atoms. The van der Waals surface area contributed by atoms with Gasteiger partial charge in [0.05, 0.1) is 19.3 Å². The Morgan fingerprint density at radius 3 is 2.48 bits per heavy atom. The van der Waals surface area contributed by atoms with Crippen LogP contribution in [0.25, 0.3) is 0 Å². The molecule has 3 amide bonds. The first-order valence-electron chi connectivity index (χ1n) is 9.54. The summed E-state index contributed by atoms with van der Waals surface area (Å²) in [7, 11) is 1.13. The quantitative estimate of drug-likeness (QED) is 0.324. The minimum Gasteiger partial charge on any atom is -0.462 e. The molecule has 2 rings (SSSR count). The van der Waals surface area contributed by atoms with E-state index in [0.29, 0.717) is 12.0 Å². The lowest BCUT2D eigenvalue weighted by Gasteiger charge is -2.07. The minimum atomic E-state index is -0.941. The van der Waals surface area contributed by atoms with Gasteiger partial charge in [-0.25, -0.2) is 9.59 Å². The van der Waals surface area contributed by atoms with Crippen LogP contribution in [-0.2, 0) is 14.3 Å². The SMILES string of the molecule is CCOC(=O)c1sc(NC(=O)CCCSc2ccccc2)c(C(=O)NC(=O)OC)c1C. The van der Waals surface area contributed by atoms with E-state index in [4.69, 9.17) is 4.74 Å². The van der Waals surface area contributed by atoms with E-state index < -0.39 is 18.0 Å². The zero-order chi connectivity index (χ0) is 22.8. The number of thioether (sulfide) groups is 1. The molecule has 0 bridgehead atoms. The summed E-state index contributed by atoms with van der Waals surface area (Å²) in [5, 5.41) is 4.93. The van der Waals surface area contributed by atoms with E-state index in [1.807, 2.05) is 30.3 Å². The molecule has 0 atom stereocenters. The second kappa shape index (κ2) is 12.1. The second-order valence-electron chi connectivity index (χ2n) is 6.24. The molecule has 166 valence electrons. The molecule has 2 aromatic rings. The second-order valence-corrected chi connectivity index (χ2v) is 8.43. The Balaban J connectivity index is 2.08. The molecule has 0 aliphatic carbocycles. The first-order valence-corrected chi connectivity index (χ1v) is 11.3. The minimum absolute atomic E-state index is 0.0328. The largest absolute Gasteiger partial charge is 0.462 e. The fourth-order valence-electron chi connectivity index (χ4n) is 2.60. The molecule has 2 N–H and O–H groups in total. The maximum Gasteiger partial charge on any atom is 0.413 e. The van der Waals surface area contributed by atoms with Crippen molar-refractivity contribution in [3.8, 4) is 0 Å². The topological polar surface area (TPSA) is 111 Å². The highest BCUT2D eigenvalue weighted by molar-refractivity contribution is 7.99. The molecule has 1 aromatic carbocycles. The Morgan fingerprint density at radius 2 is 1.84 bits per heavy atom. The van der Waals surface area contributed by atoms with Gasteiger partial charge >= 0.3 is 12.1 Å². The van der Waals surface area contributed by atoms with Gasteiger partial charge in [-0.3, -0.25) is 14.9 Å². The number of benzene rings is 1. The van der Waals surface area contributed by atoms with Crippen LogP contribution in [0.3, 0.4) is 0 Å². The Bertz CT molecular complexity index is 943. The van der Waals surface area contributed by atoms with Crippen molar-refractivity contribution in [2.24, 2.45) is 0 Å². The summed E-state index contributed by atoms with van der Waals surface area (Å²) in [5.41, 5.74) is 0.352. The number of carbonyl (C=O) groups excluding carboxylic acids is 4. The highest BCUT2D eigenvalue weighted by Gasteiger charge is 2.27. The molecule has 0 unspecified atom stereocenters. The maximum atomic E-state index is 12.5. The van der Waals surface area contributed by atoms with Gasteiger partial charge in [0.1, 0.15) is 9.88 Å². The predicted octanol–water partition coefficient (Wildman–Crippen LogP) is 4.24. The lowest BCUT2D eigenvalue weighted by Crippen LogP contribution is -2.31. The molecule has 0 radical (unpaired) electrons. The van der Waals surface area contributed by atoms with Crippen LogP contribution < -0.4 is 10.6 Å². The van der Waals surface area contributed by atoms with Gasteiger partial charge in [-0.05, 0) is 43.7 Å². The van der Waals surface area contributed by atoms with Crippen LogP contribution in [0.15, 0.2) is 35.2 Å². The van der Waals surface area contributed by atoms with Crippen LogP contribution in [0.2, 0.25) is 0 Å². The number of nitrogens with one attached hydrogen (secondary N) is 2. The molecule has 0 aliphatic heterocycles. The van der Waals surface area contributed by atoms with Crippen molar-refractivity contribution in [1.82, 2.24) is 5.32 Å². The molecular formula is C21H24N2O6S2. The highest BCUT2D eigenvalue weighted by Crippen LogP contribution is 2.34. The van der Waals surface area contributed by atoms with Crippen molar-refractivity contribution in [1.29, 1.82) is 0 Å². The van der Waals surface area contributed by atoms with Gasteiger partial charge in [-0.2, -0.15) is 0 Å². The molecule has 10 heteroatoms. The number of esters is 1. The van der Waals surface area contributed by atoms with Gasteiger partial charge < -0.3 is 14.8 Å². The molecule has 31 heavy (non-hydrogen) atoms. The van der Waals surface area contributed by atoms with Crippen molar-refractivity contribution in [3.05, 3.63) is 46.3 Å². The number of ether oxygens (including phenoxy) is 2. The lowest BCUT2D eigenvalue weighted by molar-refractivity contribution is -0.116. The summed E-state index contributed by atoms with van der Waals surface area (Å²) >= 11 is 2.58. The Kier molecular flexibility index (Phi) is 9.54. The number of rotatable bonds is 9. The molecule has 1 heterocycles. The molecular weight excluding hydrogens is 440 g/mol. The third kappa shape index (κ3) is 7.11. The van der Waals surface area contributed by atoms with Gasteiger partial charge in [0, 0.05) is 11.3 Å². The van der Waals surface area contributed by atoms with Crippen LogP contribution >= 0.6 is 23.1 Å². The van der Waals surface area contributed by atoms with Crippen molar-refractivity contribution in [2.75, 3.05) is 24.8 Å². The van der Waals surface area contributed by atoms with Crippen molar-refractivity contribution in [3.63, 3.8) is 0 Å². The fourth-order valence-corrected chi connectivity index (χ4v) is 4.59. The number of carbonyl (C=O) groups is 4. The summed E-state index contributed by atoms with van der Waals surface area (Å²) in [6, 6.07) is 9.86. The van der Waals surface area contributed by atoms with Gasteiger partial charge in [-0.1, -0.05) is 18.2 Å². The number of methoxy groups -OCH3 is 1. The van der Waals surface area contributed by atoms with E-state index in [1.165, 1.54) is 0 Å². The zero-order valence-electron chi connectivity index (χ0n) is 17.5. The maximum absolute atomic E-state index is 12.5. The number of hydrogen-bond acceptors (Lipinski definition) is 8. The Labute approximate surface area is 188 Å². The van der Waals surface area contributed by atoms with Crippen molar-refractivity contribution >= 4 is 52.0 Å². The standard InChI is InChI=1S/C21H24N2O6S2/c1-4-29-20(26)17-13(2)16(18(25)23-21(27)28-3)19(31-17)22-15(24)11-8-12-30-14-9-6-5-7-10-14/h5-7,9-10H,4,8,11-12H2,1-3H3,(H,22,24)(H,23,25,27). The number of hydrogen-bond donors (Lipinski definition) is 2. The third-order valence-corrected chi connectivity index (χ3v) is 6.33. The van der Waals surface area contributed by atoms with Crippen LogP contribution in [0.4, 0.5) is 9.80 Å². The molecule has 0 fully saturated rings. The fraction of sp³-hybridized carbons (Fsp3) is 0.333. The number of alkyl carbamates (subject to hydrolysis) is 1. The van der Waals surface area contributed by atoms with Gasteiger partial charge in [0.2, 0.25) is 5.91 Å². The smallest absolute Gasteiger partial charge is 0.413 e. The van der Waals surface area contributed by atoms with E-state index in [1.54, 1.807) is 25.6 Å². The normalized spacial score (nSPS) is 10.3. The molecule has 1 aromatic heterocycles. The summed E-state index contributed by atoms with van der Waals surface area (Å²) < 4.78 is 9.47. The van der Waals surface area contributed by atoms with E-state index in [9.17, 15) is 19.2 Å². The number of amides is 3. The van der Waals surface area contributed by atoms with Crippen LogP contribution in [0.1, 0.15) is 45.4 Å². The van der Waals surface area contributed by atoms with E-state index >= 15 is 0 Å². The summed E-state index contributed by atoms with van der Waals surface area (Å²) in [6.45, 7) is 3.39. The number of imide groups is 1. The number of anilines is 1. The van der Waals surface area contributed by atoms with Gasteiger partial charge in [0.25, 0.3) is 5.91 Å². The Morgan fingerprint density at radius 1 is 1.13 bits per heavy atom. The van der Waals surface area contributed by atoms with Crippen LogP contribution in [0.5, 0.6) is 0 Å². The summed E-state index contributed by atoms with van der Waals surface area (Å²) in [6.07, 6.45) is -0.0724. The van der Waals surface area contributed by atoms with E-state index in [0.717, 1.165) is 29.1 Å². The molecule has 0 saturated carbocycles. The monoisotopic (exact) mass is 464 g/mol. The summed E-state index contributed by atoms with van der Waals surface area (Å²) in [5.74, 6) is -0.912. The molecule has 0 saturated heterocycles. The highest BCUT2D eigenvalue weighted by atomic mass is 32.2. The van der Waals surface area contributed by atoms with Crippen molar-refractivity contribution in [2.45, 2.75) is 31.6 Å². The first-order chi connectivity index (χ1) is 14.9. The zero-order valence-corrected chi connectivity index (χ0v) is 19.1. The lowest BCUT2D eigenvalue weighted by atomic mass is 10.1. The van der Waals surface area contributed by atoms with Crippen molar-refractivity contribution < 1.29 is 28.7 Å². The Hall–Kier alpha value is -2.85. The van der Waals surface area contributed by atoms with Gasteiger partial charge in [-0.15, -0.1) is 23.1 Å². The summed E-state index contributed by atoms with van der Waals surface area (Å²) in [4.78, 5) is 49.9. The predicted molar refractivity (Wildman–Crippen MR) is 120 cm³/mol. The van der Waals surface area contributed by atoms with E-state index in [2.05, 4.69) is 15.4 Å². The average Bonchev–Trinajstić information content (AvgIpc) is 3.07. The van der Waals surface area contributed by atoms with Gasteiger partial charge in [0.15, 0.2) is 0 Å². The van der Waals surface area contributed by atoms with Crippen LogP contribution in [-0.4, -0.2) is 43.3 Å². The third-order valence-electron chi connectivity index (χ3n) is 4.05. The van der Waals surface area contributed by atoms with Crippen LogP contribution in [0, 0.1) is 6.92 Å². The molecule has 8 nitrogen and oxygen atoms in total. The first kappa shape index (κ1) is 24.4.